The number of ketones is 2. The Balaban J connectivity index is 1.47. The van der Waals surface area contributed by atoms with Gasteiger partial charge in [0.2, 0.25) is 0 Å². The lowest BCUT2D eigenvalue weighted by Crippen LogP contribution is -2.23. The summed E-state index contributed by atoms with van der Waals surface area (Å²) >= 11 is 0. The molecule has 0 aromatic heterocycles. The van der Waals surface area contributed by atoms with E-state index in [9.17, 15) is 19.2 Å². The predicted octanol–water partition coefficient (Wildman–Crippen LogP) is 3.27. The number of nitrogens with one attached hydrogen (secondary N) is 1. The van der Waals surface area contributed by atoms with Crippen molar-refractivity contribution in [2.24, 2.45) is 0 Å². The van der Waals surface area contributed by atoms with Crippen molar-refractivity contribution < 1.29 is 33.4 Å². The van der Waals surface area contributed by atoms with Crippen LogP contribution in [0.1, 0.15) is 42.2 Å². The van der Waals surface area contributed by atoms with Gasteiger partial charge < -0.3 is 19.5 Å². The minimum atomic E-state index is -0.790. The van der Waals surface area contributed by atoms with Crippen LogP contribution in [0.4, 0.5) is 5.69 Å². The van der Waals surface area contributed by atoms with E-state index in [2.05, 4.69) is 5.32 Å². The minimum absolute atomic E-state index is 0.0619. The van der Waals surface area contributed by atoms with Gasteiger partial charge in [-0.3, -0.25) is 14.4 Å². The second-order valence-electron chi connectivity index (χ2n) is 7.13. The molecule has 33 heavy (non-hydrogen) atoms. The number of amides is 1. The second kappa shape index (κ2) is 8.96. The van der Waals surface area contributed by atoms with Crippen molar-refractivity contribution in [2.75, 3.05) is 26.1 Å². The normalized spacial score (nSPS) is 11.8. The van der Waals surface area contributed by atoms with Crippen LogP contribution < -0.4 is 14.8 Å². The highest BCUT2D eigenvalue weighted by molar-refractivity contribution is 6.28. The summed E-state index contributed by atoms with van der Waals surface area (Å²) in [5.74, 6) is -1.46. The highest BCUT2D eigenvalue weighted by Gasteiger charge is 2.29. The second-order valence-corrected chi connectivity index (χ2v) is 7.13. The zero-order valence-corrected chi connectivity index (χ0v) is 17.8. The molecule has 0 bridgehead atoms. The molecular formula is C25H19NO7. The number of hydrogen-bond acceptors (Lipinski definition) is 7. The Hall–Kier alpha value is -4.46. The number of rotatable bonds is 6. The maximum Gasteiger partial charge on any atom is 0.346 e. The minimum Gasteiger partial charge on any atom is -0.496 e. The topological polar surface area (TPSA) is 108 Å². The molecule has 0 fully saturated rings. The molecular weight excluding hydrogens is 426 g/mol. The van der Waals surface area contributed by atoms with Gasteiger partial charge in [0.25, 0.3) is 5.91 Å². The molecule has 0 aliphatic heterocycles. The van der Waals surface area contributed by atoms with Gasteiger partial charge in [-0.1, -0.05) is 30.3 Å². The fourth-order valence-corrected chi connectivity index (χ4v) is 3.63. The van der Waals surface area contributed by atoms with E-state index >= 15 is 0 Å². The third-order valence-electron chi connectivity index (χ3n) is 5.18. The number of fused-ring (bicyclic) bond motifs is 2. The van der Waals surface area contributed by atoms with Crippen molar-refractivity contribution in [1.82, 2.24) is 0 Å². The molecule has 0 unspecified atom stereocenters. The quantitative estimate of drug-likeness (QED) is 0.454. The molecule has 0 saturated carbocycles. The molecule has 3 aromatic rings. The molecule has 0 saturated heterocycles. The van der Waals surface area contributed by atoms with Crippen molar-refractivity contribution >= 4 is 29.1 Å². The molecule has 0 atom stereocenters. The molecule has 166 valence electrons. The molecule has 8 nitrogen and oxygen atoms in total. The average Bonchev–Trinajstić information content (AvgIpc) is 2.85. The average molecular weight is 445 g/mol. The van der Waals surface area contributed by atoms with Gasteiger partial charge in [-0.05, 0) is 30.3 Å². The number of ether oxygens (including phenoxy) is 3. The van der Waals surface area contributed by atoms with Gasteiger partial charge in [-0.25, -0.2) is 4.79 Å². The first-order valence-corrected chi connectivity index (χ1v) is 9.95. The molecule has 0 heterocycles. The van der Waals surface area contributed by atoms with Crippen LogP contribution >= 0.6 is 0 Å². The number of carbonyl (C=O) groups is 4. The molecule has 0 spiro atoms. The lowest BCUT2D eigenvalue weighted by molar-refractivity contribution is -0.119. The molecule has 1 amide bonds. The van der Waals surface area contributed by atoms with Crippen LogP contribution in [0.5, 0.6) is 11.5 Å². The SMILES string of the molecule is COc1cccc(OC)c1C(=O)OCC(=O)Nc1ccc2c(c1)C(=O)c1ccccc1C2=O. The monoisotopic (exact) mass is 445 g/mol. The van der Waals surface area contributed by atoms with Gasteiger partial charge in [-0.15, -0.1) is 0 Å². The summed E-state index contributed by atoms with van der Waals surface area (Å²) in [5.41, 5.74) is 1.50. The lowest BCUT2D eigenvalue weighted by atomic mass is 9.84. The molecule has 3 aromatic carbocycles. The van der Waals surface area contributed by atoms with Crippen LogP contribution in [0.3, 0.4) is 0 Å². The smallest absolute Gasteiger partial charge is 0.346 e. The van der Waals surface area contributed by atoms with Crippen LogP contribution in [-0.2, 0) is 9.53 Å². The van der Waals surface area contributed by atoms with Crippen LogP contribution in [0, 0.1) is 0 Å². The van der Waals surface area contributed by atoms with Gasteiger partial charge in [0.05, 0.1) is 14.2 Å². The number of anilines is 1. The zero-order chi connectivity index (χ0) is 23.5. The van der Waals surface area contributed by atoms with Gasteiger partial charge in [0.15, 0.2) is 18.2 Å². The number of carbonyl (C=O) groups excluding carboxylic acids is 4. The van der Waals surface area contributed by atoms with Crippen LogP contribution in [0.15, 0.2) is 60.7 Å². The fourth-order valence-electron chi connectivity index (χ4n) is 3.63. The lowest BCUT2D eigenvalue weighted by Gasteiger charge is -2.18. The Kier molecular flexibility index (Phi) is 5.91. The molecule has 4 rings (SSSR count). The van der Waals surface area contributed by atoms with Gasteiger partial charge >= 0.3 is 5.97 Å². The standard InChI is InChI=1S/C25H19NO7/c1-31-19-8-5-9-20(32-2)22(19)25(30)33-13-21(27)26-14-10-11-17-18(12-14)24(29)16-7-4-3-6-15(16)23(17)28/h3-12H,13H2,1-2H3,(H,26,27). The maximum absolute atomic E-state index is 12.8. The van der Waals surface area contributed by atoms with E-state index in [1.54, 1.807) is 42.5 Å². The van der Waals surface area contributed by atoms with Crippen LogP contribution in [-0.4, -0.2) is 44.3 Å². The summed E-state index contributed by atoms with van der Waals surface area (Å²) in [7, 11) is 2.80. The van der Waals surface area contributed by atoms with Crippen molar-refractivity contribution in [3.8, 4) is 11.5 Å². The molecule has 1 N–H and O–H groups in total. The molecule has 8 heteroatoms. The van der Waals surface area contributed by atoms with E-state index in [-0.39, 0.29) is 39.8 Å². The molecule has 0 radical (unpaired) electrons. The summed E-state index contributed by atoms with van der Waals surface area (Å²) in [5, 5.41) is 2.57. The van der Waals surface area contributed by atoms with Crippen molar-refractivity contribution in [2.45, 2.75) is 0 Å². The highest BCUT2D eigenvalue weighted by Crippen LogP contribution is 2.30. The van der Waals surface area contributed by atoms with Gasteiger partial charge in [0, 0.05) is 27.9 Å². The van der Waals surface area contributed by atoms with Crippen molar-refractivity contribution in [3.63, 3.8) is 0 Å². The van der Waals surface area contributed by atoms with E-state index in [0.29, 0.717) is 16.8 Å². The maximum atomic E-state index is 12.8. The highest BCUT2D eigenvalue weighted by atomic mass is 16.5. The third kappa shape index (κ3) is 4.06. The number of hydrogen-bond donors (Lipinski definition) is 1. The predicted molar refractivity (Wildman–Crippen MR) is 118 cm³/mol. The Bertz CT molecular complexity index is 1270. The van der Waals surface area contributed by atoms with Gasteiger partial charge in [0.1, 0.15) is 17.1 Å². The van der Waals surface area contributed by atoms with E-state index in [4.69, 9.17) is 14.2 Å². The molecule has 1 aliphatic carbocycles. The number of benzene rings is 3. The fraction of sp³-hybridized carbons (Fsp3) is 0.120. The summed E-state index contributed by atoms with van der Waals surface area (Å²) in [4.78, 5) is 50.4. The summed E-state index contributed by atoms with van der Waals surface area (Å²) < 4.78 is 15.4. The molecule has 1 aliphatic rings. The van der Waals surface area contributed by atoms with Crippen LogP contribution in [0.2, 0.25) is 0 Å². The van der Waals surface area contributed by atoms with E-state index in [1.807, 2.05) is 0 Å². The number of methoxy groups -OCH3 is 2. The first kappa shape index (κ1) is 21.8. The number of esters is 1. The first-order valence-electron chi connectivity index (χ1n) is 9.95. The summed E-state index contributed by atoms with van der Waals surface area (Å²) in [6.45, 7) is -0.577. The van der Waals surface area contributed by atoms with E-state index in [0.717, 1.165) is 0 Å². The third-order valence-corrected chi connectivity index (χ3v) is 5.18. The van der Waals surface area contributed by atoms with E-state index < -0.39 is 18.5 Å². The van der Waals surface area contributed by atoms with Crippen molar-refractivity contribution in [1.29, 1.82) is 0 Å². The van der Waals surface area contributed by atoms with Gasteiger partial charge in [-0.2, -0.15) is 0 Å². The van der Waals surface area contributed by atoms with Crippen molar-refractivity contribution in [3.05, 3.63) is 88.5 Å². The summed E-state index contributed by atoms with van der Waals surface area (Å²) in [6, 6.07) is 15.8. The Morgan fingerprint density at radius 2 is 1.33 bits per heavy atom. The Morgan fingerprint density at radius 1 is 0.758 bits per heavy atom. The van der Waals surface area contributed by atoms with Crippen LogP contribution in [0.25, 0.3) is 0 Å². The Morgan fingerprint density at radius 3 is 1.94 bits per heavy atom. The van der Waals surface area contributed by atoms with E-state index in [1.165, 1.54) is 32.4 Å². The zero-order valence-electron chi connectivity index (χ0n) is 17.8. The largest absolute Gasteiger partial charge is 0.496 e. The Labute approximate surface area is 189 Å². The first-order chi connectivity index (χ1) is 15.9. The summed E-state index contributed by atoms with van der Waals surface area (Å²) in [6.07, 6.45) is 0.